The van der Waals surface area contributed by atoms with Crippen LogP contribution in [0.5, 0.6) is 0 Å². The van der Waals surface area contributed by atoms with Gasteiger partial charge in [0.25, 0.3) is 0 Å². The zero-order valence-electron chi connectivity index (χ0n) is 15.2. The van der Waals surface area contributed by atoms with Gasteiger partial charge in [0, 0.05) is 32.6 Å². The van der Waals surface area contributed by atoms with Gasteiger partial charge in [-0.25, -0.2) is 4.99 Å². The van der Waals surface area contributed by atoms with E-state index in [-0.39, 0.29) is 0 Å². The zero-order valence-corrected chi connectivity index (χ0v) is 15.2. The number of hydrogen-bond donors (Lipinski definition) is 2. The fourth-order valence-electron chi connectivity index (χ4n) is 4.31. The minimum atomic E-state index is 0.706. The number of nitrogens with two attached hydrogens (primary N) is 1. The molecule has 1 aromatic heterocycles. The predicted molar refractivity (Wildman–Crippen MR) is 120 cm³/mol. The van der Waals surface area contributed by atoms with Gasteiger partial charge in [-0.1, -0.05) is 55.1 Å². The number of benzene rings is 4. The third kappa shape index (κ3) is 1.96. The molecule has 1 heterocycles. The Balaban J connectivity index is 1.73. The van der Waals surface area contributed by atoms with E-state index in [2.05, 4.69) is 60.1 Å². The summed E-state index contributed by atoms with van der Waals surface area (Å²) >= 11 is 0. The maximum Gasteiger partial charge on any atom is 0.0952 e. The molecule has 3 N–H and O–H groups in total. The summed E-state index contributed by atoms with van der Waals surface area (Å²) in [5.74, 6) is 0. The second kappa shape index (κ2) is 5.33. The SMILES string of the molecule is C=C1C=c2ccccc2=CC1=Nc1c(N)c2cccc3[nH]c4cccc1c4c32. The first-order chi connectivity index (χ1) is 13.7. The lowest BCUT2D eigenvalue weighted by Crippen LogP contribution is -2.29. The summed E-state index contributed by atoms with van der Waals surface area (Å²) in [5.41, 5.74) is 12.1. The molecule has 0 amide bonds. The summed E-state index contributed by atoms with van der Waals surface area (Å²) in [6, 6.07) is 20.7. The van der Waals surface area contributed by atoms with Crippen LogP contribution in [0.25, 0.3) is 44.7 Å². The average Bonchev–Trinajstić information content (AvgIpc) is 3.10. The second-order valence-corrected chi connectivity index (χ2v) is 7.28. The molecule has 1 aliphatic rings. The number of nitrogens with zero attached hydrogens (tertiary/aromatic N) is 1. The van der Waals surface area contributed by atoms with Crippen molar-refractivity contribution in [3.05, 3.63) is 83.3 Å². The third-order valence-electron chi connectivity index (χ3n) is 5.63. The Hall–Kier alpha value is -3.85. The van der Waals surface area contributed by atoms with E-state index in [1.54, 1.807) is 0 Å². The average molecular weight is 359 g/mol. The topological polar surface area (TPSA) is 54.2 Å². The first-order valence-electron chi connectivity index (χ1n) is 9.31. The van der Waals surface area contributed by atoms with E-state index in [0.29, 0.717) is 5.69 Å². The molecule has 0 radical (unpaired) electrons. The minimum absolute atomic E-state index is 0.706. The molecule has 5 aromatic rings. The van der Waals surface area contributed by atoms with E-state index in [9.17, 15) is 0 Å². The van der Waals surface area contributed by atoms with Crippen LogP contribution in [0.1, 0.15) is 0 Å². The van der Waals surface area contributed by atoms with E-state index in [1.807, 2.05) is 24.3 Å². The first kappa shape index (κ1) is 15.2. The summed E-state index contributed by atoms with van der Waals surface area (Å²) in [5, 5.41) is 6.77. The molecule has 0 atom stereocenters. The number of aromatic amines is 1. The molecule has 0 aliphatic heterocycles. The van der Waals surface area contributed by atoms with Crippen LogP contribution < -0.4 is 16.2 Å². The molecule has 28 heavy (non-hydrogen) atoms. The van der Waals surface area contributed by atoms with Gasteiger partial charge in [-0.3, -0.25) is 0 Å². The summed E-state index contributed by atoms with van der Waals surface area (Å²) < 4.78 is 0. The number of nitrogens with one attached hydrogen (secondary N) is 1. The van der Waals surface area contributed by atoms with E-state index >= 15 is 0 Å². The highest BCUT2D eigenvalue weighted by atomic mass is 14.8. The fourth-order valence-corrected chi connectivity index (χ4v) is 4.31. The summed E-state index contributed by atoms with van der Waals surface area (Å²) in [6.07, 6.45) is 4.17. The van der Waals surface area contributed by atoms with Gasteiger partial charge in [-0.05, 0) is 40.3 Å². The molecule has 132 valence electrons. The lowest BCUT2D eigenvalue weighted by Gasteiger charge is -2.13. The maximum absolute atomic E-state index is 6.65. The molecular formula is C25H17N3. The summed E-state index contributed by atoms with van der Waals surface area (Å²) in [6.45, 7) is 4.22. The highest BCUT2D eigenvalue weighted by molar-refractivity contribution is 6.32. The number of aliphatic imine (C=N–C) groups is 1. The smallest absolute Gasteiger partial charge is 0.0952 e. The van der Waals surface area contributed by atoms with Crippen LogP contribution in [0.3, 0.4) is 0 Å². The van der Waals surface area contributed by atoms with Gasteiger partial charge in [0.15, 0.2) is 0 Å². The molecule has 3 nitrogen and oxygen atoms in total. The van der Waals surface area contributed by atoms with Gasteiger partial charge < -0.3 is 10.7 Å². The van der Waals surface area contributed by atoms with Crippen LogP contribution in [0.2, 0.25) is 0 Å². The van der Waals surface area contributed by atoms with Gasteiger partial charge in [-0.2, -0.15) is 0 Å². The molecule has 0 saturated heterocycles. The third-order valence-corrected chi connectivity index (χ3v) is 5.63. The molecule has 0 spiro atoms. The quantitative estimate of drug-likeness (QED) is 0.338. The van der Waals surface area contributed by atoms with Gasteiger partial charge in [0.05, 0.1) is 17.1 Å². The van der Waals surface area contributed by atoms with Crippen molar-refractivity contribution in [2.45, 2.75) is 0 Å². The van der Waals surface area contributed by atoms with Crippen LogP contribution >= 0.6 is 0 Å². The summed E-state index contributed by atoms with van der Waals surface area (Å²) in [4.78, 5) is 8.52. The number of nitrogen functional groups attached to an aromatic ring is 1. The Morgan fingerprint density at radius 3 is 2.14 bits per heavy atom. The highest BCUT2D eigenvalue weighted by Gasteiger charge is 2.18. The first-order valence-corrected chi connectivity index (χ1v) is 9.31. The Morgan fingerprint density at radius 1 is 0.750 bits per heavy atom. The van der Waals surface area contributed by atoms with Gasteiger partial charge in [0.2, 0.25) is 0 Å². The van der Waals surface area contributed by atoms with Crippen LogP contribution in [-0.2, 0) is 0 Å². The minimum Gasteiger partial charge on any atom is -0.396 e. The zero-order chi connectivity index (χ0) is 18.8. The largest absolute Gasteiger partial charge is 0.396 e. The van der Waals surface area contributed by atoms with Crippen LogP contribution in [-0.4, -0.2) is 10.7 Å². The highest BCUT2D eigenvalue weighted by Crippen LogP contribution is 2.44. The van der Waals surface area contributed by atoms with Crippen molar-refractivity contribution in [2.75, 3.05) is 5.73 Å². The molecule has 6 rings (SSSR count). The normalized spacial score (nSPS) is 15.3. The number of allylic oxidation sites excluding steroid dienone is 1. The number of aromatic nitrogens is 1. The molecular weight excluding hydrogens is 342 g/mol. The molecule has 3 heteroatoms. The molecule has 1 aliphatic carbocycles. The molecule has 0 fully saturated rings. The van der Waals surface area contributed by atoms with Crippen molar-refractivity contribution >= 4 is 61.8 Å². The molecule has 0 saturated carbocycles. The standard InChI is InChI=1S/C25H17N3/c1-14-12-15-6-2-3-7-16(15)13-21(14)28-25-18-9-5-11-20-23(18)22-17(24(25)26)8-4-10-19(22)27-20/h2-13,27H,1,26H2. The van der Waals surface area contributed by atoms with Crippen molar-refractivity contribution < 1.29 is 0 Å². The number of anilines is 1. The Morgan fingerprint density at radius 2 is 1.39 bits per heavy atom. The van der Waals surface area contributed by atoms with Gasteiger partial charge >= 0.3 is 0 Å². The predicted octanol–water partition coefficient (Wildman–Crippen LogP) is 4.40. The van der Waals surface area contributed by atoms with Crippen molar-refractivity contribution in [2.24, 2.45) is 4.99 Å². The molecule has 0 bridgehead atoms. The molecule has 0 unspecified atom stereocenters. The second-order valence-electron chi connectivity index (χ2n) is 7.28. The van der Waals surface area contributed by atoms with Crippen molar-refractivity contribution in [3.8, 4) is 0 Å². The summed E-state index contributed by atoms with van der Waals surface area (Å²) in [7, 11) is 0. The Kier molecular flexibility index (Phi) is 2.90. The van der Waals surface area contributed by atoms with Crippen LogP contribution in [0, 0.1) is 0 Å². The maximum atomic E-state index is 6.65. The monoisotopic (exact) mass is 359 g/mol. The van der Waals surface area contributed by atoms with E-state index in [4.69, 9.17) is 10.7 Å². The number of rotatable bonds is 1. The number of fused-ring (bicyclic) bond motifs is 1. The Bertz CT molecular complexity index is 1580. The lowest BCUT2D eigenvalue weighted by molar-refractivity contribution is 1.49. The van der Waals surface area contributed by atoms with Crippen LogP contribution in [0.15, 0.2) is 77.8 Å². The fraction of sp³-hybridized carbons (Fsp3) is 0. The van der Waals surface area contributed by atoms with Crippen molar-refractivity contribution in [1.82, 2.24) is 4.98 Å². The van der Waals surface area contributed by atoms with Crippen molar-refractivity contribution in [3.63, 3.8) is 0 Å². The van der Waals surface area contributed by atoms with E-state index < -0.39 is 0 Å². The Labute approximate surface area is 161 Å². The van der Waals surface area contributed by atoms with Gasteiger partial charge in [-0.15, -0.1) is 0 Å². The lowest BCUT2D eigenvalue weighted by atomic mass is 9.97. The number of hydrogen-bond acceptors (Lipinski definition) is 2. The number of H-pyrrole nitrogens is 1. The van der Waals surface area contributed by atoms with E-state index in [1.165, 1.54) is 10.8 Å². The van der Waals surface area contributed by atoms with Crippen LogP contribution in [0.4, 0.5) is 11.4 Å². The van der Waals surface area contributed by atoms with Gasteiger partial charge in [0.1, 0.15) is 0 Å². The van der Waals surface area contributed by atoms with Crippen molar-refractivity contribution in [1.29, 1.82) is 0 Å². The van der Waals surface area contributed by atoms with E-state index in [0.717, 1.165) is 49.2 Å². The molecule has 4 aromatic carbocycles.